The minimum absolute atomic E-state index is 0.00804. The molecule has 8 N–H and O–H groups in total. The van der Waals surface area contributed by atoms with Crippen LogP contribution in [-0.4, -0.2) is 54.8 Å². The van der Waals surface area contributed by atoms with Crippen molar-refractivity contribution in [2.45, 2.75) is 131 Å². The Kier molecular flexibility index (Phi) is 29.4. The molecule has 0 aromatic heterocycles. The van der Waals surface area contributed by atoms with E-state index >= 15 is 0 Å². The summed E-state index contributed by atoms with van der Waals surface area (Å²) in [7, 11) is 1.58. The summed E-state index contributed by atoms with van der Waals surface area (Å²) >= 11 is 11.4. The first-order valence-corrected chi connectivity index (χ1v) is 32.1. The molecule has 8 rings (SSSR count). The quantitative estimate of drug-likeness (QED) is 0.0179. The normalized spacial score (nSPS) is 11.0. The van der Waals surface area contributed by atoms with Gasteiger partial charge < -0.3 is 23.7 Å². The zero-order chi connectivity index (χ0) is 75.2. The molecule has 0 saturated carbocycles. The van der Waals surface area contributed by atoms with Crippen LogP contribution >= 0.6 is 23.2 Å². The number of nitrogens with one attached hydrogen (secondary N) is 8. The van der Waals surface area contributed by atoms with Crippen LogP contribution in [0.1, 0.15) is 150 Å². The van der Waals surface area contributed by atoms with E-state index in [0.717, 1.165) is 34.4 Å². The number of amides is 4. The van der Waals surface area contributed by atoms with Gasteiger partial charge in [-0.1, -0.05) is 222 Å². The second kappa shape index (κ2) is 36.6. The molecule has 24 heteroatoms. The fourth-order valence-electron chi connectivity index (χ4n) is 8.70. The molecule has 0 atom stereocenters. The Bertz CT molecular complexity index is 4230. The van der Waals surface area contributed by atoms with Crippen LogP contribution < -0.4 is 26.0 Å². The summed E-state index contributed by atoms with van der Waals surface area (Å²) in [6, 6.07) is 46.6. The summed E-state index contributed by atoms with van der Waals surface area (Å²) in [6.07, 6.45) is -3.27. The number of benzene rings is 8. The molecular formula is C77H83Cl2F5N8O9. The molecule has 0 aliphatic heterocycles. The Morgan fingerprint density at radius 3 is 1.05 bits per heavy atom. The van der Waals surface area contributed by atoms with Gasteiger partial charge in [0, 0.05) is 38.4 Å². The smallest absolute Gasteiger partial charge is 0.413 e. The topological polar surface area (TPSA) is 258 Å². The molecule has 0 unspecified atom stereocenters. The zero-order valence-electron chi connectivity index (χ0n) is 58.3. The van der Waals surface area contributed by atoms with Crippen molar-refractivity contribution < 1.29 is 64.8 Å². The van der Waals surface area contributed by atoms with Crippen LogP contribution in [0.3, 0.4) is 0 Å². The number of ether oxygens (including phenoxy) is 5. The summed E-state index contributed by atoms with van der Waals surface area (Å²) in [5, 5.41) is 41.4. The third-order valence-corrected chi connectivity index (χ3v) is 15.3. The van der Waals surface area contributed by atoms with Gasteiger partial charge in [0.15, 0.2) is 17.5 Å². The highest BCUT2D eigenvalue weighted by molar-refractivity contribution is 6.31. The van der Waals surface area contributed by atoms with Crippen molar-refractivity contribution in [1.82, 2.24) is 21.3 Å². The van der Waals surface area contributed by atoms with Gasteiger partial charge in [0.2, 0.25) is 0 Å². The number of halogens is 7. The number of hydrogen-bond acceptors (Lipinski definition) is 13. The third kappa shape index (κ3) is 26.6. The Morgan fingerprint density at radius 2 is 0.703 bits per heavy atom. The van der Waals surface area contributed by atoms with E-state index in [-0.39, 0.29) is 81.0 Å². The van der Waals surface area contributed by atoms with E-state index in [4.69, 9.17) is 68.5 Å². The molecule has 0 radical (unpaired) electrons. The fraction of sp³-hybridized carbons (Fsp3) is 0.273. The molecule has 0 saturated heterocycles. The van der Waals surface area contributed by atoms with E-state index < -0.39 is 60.1 Å². The Balaban J connectivity index is 0.000000243. The second-order valence-corrected chi connectivity index (χ2v) is 27.6. The predicted octanol–water partition coefficient (Wildman–Crippen LogP) is 19.0. The number of hydrogen-bond donors (Lipinski definition) is 8. The summed E-state index contributed by atoms with van der Waals surface area (Å²) in [6.45, 7) is 24.3. The van der Waals surface area contributed by atoms with E-state index in [9.17, 15) is 41.1 Å². The number of rotatable bonds is 13. The standard InChI is InChI=1S/C20H24N2O3.2C19H20ClFN2O2.C19H19F3N2O2/c1-20(2,3)16-10-8-15(9-11-16)18(21)22-19(23)25-13-14-6-5-7-17(12-14)24-4;1-19(2,3)14-7-5-13(6-8-14)17(22)23-18(24)25-11-12-4-9-15(20)16(21)10-12;1-19(2,3)14-6-4-12(5-7-14)17(22)23-18(24)25-11-13-10-15(20)8-9-16(13)21;1-19(2,3)13-7-4-11(5-8-13)17(23)24-18(25)26-10-12-6-9-14(20)16(22)15(12)21/h5-12H,13H2,1-4H3,(H2,21,22,23);2*4-10H,11H2,1-3H3,(H2,22,23,24);4-9H,10H2,1-3H3,(H2,23,24,25). The lowest BCUT2D eigenvalue weighted by molar-refractivity contribution is 0.142. The van der Waals surface area contributed by atoms with E-state index in [1.54, 1.807) is 55.6 Å². The molecule has 8 aromatic carbocycles. The summed E-state index contributed by atoms with van der Waals surface area (Å²) in [5.74, 6) is -5.07. The molecular weight excluding hydrogens is 1350 g/mol. The van der Waals surface area contributed by atoms with Crippen molar-refractivity contribution >= 4 is 70.9 Å². The lowest BCUT2D eigenvalue weighted by Gasteiger charge is -2.19. The van der Waals surface area contributed by atoms with Gasteiger partial charge in [-0.3, -0.25) is 42.9 Å². The number of carbonyl (C=O) groups is 4. The minimum Gasteiger partial charge on any atom is -0.497 e. The number of carbonyl (C=O) groups excluding carboxylic acids is 4. The predicted molar refractivity (Wildman–Crippen MR) is 383 cm³/mol. The van der Waals surface area contributed by atoms with E-state index in [1.807, 2.05) is 78.9 Å². The Morgan fingerprint density at radius 1 is 0.366 bits per heavy atom. The molecule has 0 aliphatic rings. The Labute approximate surface area is 595 Å². The molecule has 0 spiro atoms. The number of amidine groups is 4. The summed E-state index contributed by atoms with van der Waals surface area (Å²) in [5.41, 5.74) is 7.91. The van der Waals surface area contributed by atoms with Gasteiger partial charge in [0.25, 0.3) is 0 Å². The highest BCUT2D eigenvalue weighted by Crippen LogP contribution is 2.27. The lowest BCUT2D eigenvalue weighted by atomic mass is 9.86. The average molecular weight is 1430 g/mol. The molecule has 8 aromatic rings. The number of alkyl carbamates (subject to hydrolysis) is 4. The maximum absolute atomic E-state index is 13.6. The summed E-state index contributed by atoms with van der Waals surface area (Å²) < 4.78 is 91.4. The van der Waals surface area contributed by atoms with Crippen molar-refractivity contribution in [1.29, 1.82) is 21.6 Å². The van der Waals surface area contributed by atoms with E-state index in [0.29, 0.717) is 38.6 Å². The monoisotopic (exact) mass is 1430 g/mol. The van der Waals surface area contributed by atoms with Crippen molar-refractivity contribution in [3.05, 3.63) is 276 Å². The van der Waals surface area contributed by atoms with Crippen molar-refractivity contribution in [3.8, 4) is 5.75 Å². The van der Waals surface area contributed by atoms with E-state index in [2.05, 4.69) is 104 Å². The first-order valence-electron chi connectivity index (χ1n) is 31.4. The maximum atomic E-state index is 13.6. The van der Waals surface area contributed by atoms with Crippen LogP contribution in [0.15, 0.2) is 170 Å². The fourth-order valence-corrected chi connectivity index (χ4v) is 9.01. The van der Waals surface area contributed by atoms with Crippen molar-refractivity contribution in [2.24, 2.45) is 0 Å². The average Bonchev–Trinajstić information content (AvgIpc) is 0.869. The Hall–Kier alpha value is -10.5. The third-order valence-electron chi connectivity index (χ3n) is 14.8. The highest BCUT2D eigenvalue weighted by Gasteiger charge is 2.21. The van der Waals surface area contributed by atoms with Gasteiger partial charge in [0.05, 0.1) is 12.1 Å². The van der Waals surface area contributed by atoms with Gasteiger partial charge in [-0.2, -0.15) is 0 Å². The first kappa shape index (κ1) is 81.2. The molecule has 4 amide bonds. The van der Waals surface area contributed by atoms with Crippen LogP contribution in [0.2, 0.25) is 10.0 Å². The summed E-state index contributed by atoms with van der Waals surface area (Å²) in [4.78, 5) is 47.2. The molecule has 17 nitrogen and oxygen atoms in total. The minimum atomic E-state index is -1.63. The van der Waals surface area contributed by atoms with Gasteiger partial charge in [-0.05, 0) is 110 Å². The first-order chi connectivity index (χ1) is 47.2. The van der Waals surface area contributed by atoms with Crippen molar-refractivity contribution in [2.75, 3.05) is 7.11 Å². The van der Waals surface area contributed by atoms with Crippen molar-refractivity contribution in [3.63, 3.8) is 0 Å². The molecule has 534 valence electrons. The second-order valence-electron chi connectivity index (χ2n) is 26.8. The molecule has 0 aliphatic carbocycles. The lowest BCUT2D eigenvalue weighted by Crippen LogP contribution is -2.31. The van der Waals surface area contributed by atoms with Crippen LogP contribution in [0.4, 0.5) is 41.1 Å². The molecule has 0 bridgehead atoms. The molecule has 101 heavy (non-hydrogen) atoms. The highest BCUT2D eigenvalue weighted by atomic mass is 35.5. The van der Waals surface area contributed by atoms with Crippen LogP contribution in [-0.2, 0) is 67.0 Å². The SMILES string of the molecule is CC(C)(C)c1ccc(C(=N)NC(=O)OCc2cc(Cl)ccc2F)cc1.CC(C)(C)c1ccc(C(=N)NC(=O)OCc2ccc(Cl)c(F)c2)cc1.CC(C)(C)c1ccc(C(=N)NC(=O)OCc2ccc(F)c(F)c2F)cc1.COc1cccc(COC(=O)NC(=N)c2ccc(C(C)(C)C)cc2)c1. The van der Waals surface area contributed by atoms with Gasteiger partial charge in [-0.15, -0.1) is 0 Å². The number of methoxy groups -OCH3 is 1. The van der Waals surface area contributed by atoms with Crippen LogP contribution in [0.5, 0.6) is 5.75 Å². The zero-order valence-corrected chi connectivity index (χ0v) is 59.8. The van der Waals surface area contributed by atoms with Gasteiger partial charge >= 0.3 is 24.4 Å². The maximum Gasteiger partial charge on any atom is 0.413 e. The van der Waals surface area contributed by atoms with Crippen LogP contribution in [0, 0.1) is 50.7 Å². The molecule has 0 fully saturated rings. The van der Waals surface area contributed by atoms with E-state index in [1.165, 1.54) is 35.9 Å². The van der Waals surface area contributed by atoms with Crippen LogP contribution in [0.25, 0.3) is 0 Å². The van der Waals surface area contributed by atoms with Gasteiger partial charge in [0.1, 0.15) is 67.2 Å². The van der Waals surface area contributed by atoms with Gasteiger partial charge in [-0.25, -0.2) is 41.1 Å². The molecule has 0 heterocycles. The largest absolute Gasteiger partial charge is 0.497 e.